The van der Waals surface area contributed by atoms with Gasteiger partial charge in [-0.05, 0) is 36.2 Å². The highest BCUT2D eigenvalue weighted by molar-refractivity contribution is 7.92. The molecule has 0 saturated carbocycles. The molecule has 0 aliphatic carbocycles. The van der Waals surface area contributed by atoms with Gasteiger partial charge in [-0.3, -0.25) is 4.31 Å². The van der Waals surface area contributed by atoms with E-state index in [9.17, 15) is 8.42 Å². The smallest absolute Gasteiger partial charge is 0.264 e. The molecule has 4 rings (SSSR count). The molecule has 1 heterocycles. The first kappa shape index (κ1) is 15.9. The average molecular weight is 349 g/mol. The number of hydrogen-bond donors (Lipinski definition) is 0. The van der Waals surface area contributed by atoms with Gasteiger partial charge in [0.25, 0.3) is 10.0 Å². The molecule has 0 radical (unpaired) electrons. The number of aryl methyl sites for hydroxylation is 1. The summed E-state index contributed by atoms with van der Waals surface area (Å²) >= 11 is 0. The lowest BCUT2D eigenvalue weighted by molar-refractivity contribution is 0.591. The number of hydrogen-bond acceptors (Lipinski definition) is 2. The van der Waals surface area contributed by atoms with E-state index in [1.807, 2.05) is 61.5 Å². The summed E-state index contributed by atoms with van der Waals surface area (Å²) in [5, 5.41) is 0. The molecular weight excluding hydrogens is 330 g/mol. The lowest BCUT2D eigenvalue weighted by Gasteiger charge is -2.20. The van der Waals surface area contributed by atoms with E-state index in [0.29, 0.717) is 11.4 Å². The van der Waals surface area contributed by atoms with Crippen LogP contribution < -0.4 is 4.31 Å². The molecular formula is C21H19NO2S. The molecule has 0 bridgehead atoms. The number of benzene rings is 3. The Bertz CT molecular complexity index is 996. The van der Waals surface area contributed by atoms with E-state index in [4.69, 9.17) is 0 Å². The summed E-state index contributed by atoms with van der Waals surface area (Å²) in [4.78, 5) is 0.335. The minimum atomic E-state index is -3.58. The van der Waals surface area contributed by atoms with Gasteiger partial charge in [-0.1, -0.05) is 66.2 Å². The molecule has 0 spiro atoms. The first-order valence-corrected chi connectivity index (χ1v) is 9.74. The predicted molar refractivity (Wildman–Crippen MR) is 100 cm³/mol. The van der Waals surface area contributed by atoms with Crippen LogP contribution in [0.25, 0.3) is 0 Å². The Morgan fingerprint density at radius 1 is 0.840 bits per heavy atom. The number of anilines is 1. The van der Waals surface area contributed by atoms with Gasteiger partial charge in [0.1, 0.15) is 0 Å². The fourth-order valence-electron chi connectivity index (χ4n) is 3.41. The summed E-state index contributed by atoms with van der Waals surface area (Å²) < 4.78 is 28.0. The van der Waals surface area contributed by atoms with Crippen molar-refractivity contribution >= 4 is 15.7 Å². The van der Waals surface area contributed by atoms with Crippen LogP contribution in [0.2, 0.25) is 0 Å². The summed E-state index contributed by atoms with van der Waals surface area (Å²) in [6.07, 6.45) is 0. The molecule has 1 atom stereocenters. The third-order valence-electron chi connectivity index (χ3n) is 4.74. The maximum absolute atomic E-state index is 13.2. The Labute approximate surface area is 148 Å². The first-order chi connectivity index (χ1) is 12.1. The van der Waals surface area contributed by atoms with E-state index in [2.05, 4.69) is 12.1 Å². The lowest BCUT2D eigenvalue weighted by atomic mass is 9.93. The molecule has 3 aromatic carbocycles. The van der Waals surface area contributed by atoms with Crippen molar-refractivity contribution in [2.24, 2.45) is 0 Å². The quantitative estimate of drug-likeness (QED) is 0.705. The van der Waals surface area contributed by atoms with Crippen LogP contribution in [0.4, 0.5) is 5.69 Å². The Balaban J connectivity index is 1.80. The fourth-order valence-corrected chi connectivity index (χ4v) is 4.91. The van der Waals surface area contributed by atoms with Crippen molar-refractivity contribution in [3.8, 4) is 0 Å². The number of para-hydroxylation sites is 1. The molecule has 3 nitrogen and oxygen atoms in total. The molecule has 126 valence electrons. The van der Waals surface area contributed by atoms with Crippen LogP contribution in [0, 0.1) is 6.92 Å². The monoisotopic (exact) mass is 349 g/mol. The average Bonchev–Trinajstić information content (AvgIpc) is 3.03. The molecule has 0 fully saturated rings. The number of nitrogens with zero attached hydrogens (tertiary/aromatic N) is 1. The van der Waals surface area contributed by atoms with Gasteiger partial charge in [0.05, 0.1) is 10.6 Å². The van der Waals surface area contributed by atoms with Crippen LogP contribution in [0.15, 0.2) is 83.8 Å². The van der Waals surface area contributed by atoms with E-state index in [0.717, 1.165) is 22.4 Å². The van der Waals surface area contributed by atoms with Crippen LogP contribution in [0.5, 0.6) is 0 Å². The molecule has 0 aromatic heterocycles. The van der Waals surface area contributed by atoms with E-state index in [1.54, 1.807) is 16.4 Å². The maximum Gasteiger partial charge on any atom is 0.264 e. The Kier molecular flexibility index (Phi) is 3.85. The summed E-state index contributed by atoms with van der Waals surface area (Å²) in [7, 11) is -3.58. The van der Waals surface area contributed by atoms with Gasteiger partial charge in [0, 0.05) is 12.5 Å². The van der Waals surface area contributed by atoms with Crippen molar-refractivity contribution in [3.05, 3.63) is 95.6 Å². The minimum Gasteiger partial charge on any atom is -0.265 e. The summed E-state index contributed by atoms with van der Waals surface area (Å²) in [6, 6.07) is 24.9. The van der Waals surface area contributed by atoms with Gasteiger partial charge in [0.15, 0.2) is 0 Å². The third kappa shape index (κ3) is 2.72. The molecule has 0 N–H and O–H groups in total. The second-order valence-electron chi connectivity index (χ2n) is 6.37. The molecule has 0 amide bonds. The van der Waals surface area contributed by atoms with Crippen molar-refractivity contribution in [2.75, 3.05) is 10.8 Å². The van der Waals surface area contributed by atoms with Crippen molar-refractivity contribution in [2.45, 2.75) is 17.7 Å². The van der Waals surface area contributed by atoms with Gasteiger partial charge in [-0.2, -0.15) is 0 Å². The molecule has 0 saturated heterocycles. The van der Waals surface area contributed by atoms with Crippen LogP contribution >= 0.6 is 0 Å². The van der Waals surface area contributed by atoms with E-state index >= 15 is 0 Å². The zero-order chi connectivity index (χ0) is 17.4. The minimum absolute atomic E-state index is 0.0534. The Morgan fingerprint density at radius 2 is 1.48 bits per heavy atom. The van der Waals surface area contributed by atoms with Crippen molar-refractivity contribution in [3.63, 3.8) is 0 Å². The topological polar surface area (TPSA) is 37.4 Å². The van der Waals surface area contributed by atoms with Gasteiger partial charge < -0.3 is 0 Å². The highest BCUT2D eigenvalue weighted by Crippen LogP contribution is 2.42. The van der Waals surface area contributed by atoms with Gasteiger partial charge in [0.2, 0.25) is 0 Å². The molecule has 0 unspecified atom stereocenters. The highest BCUT2D eigenvalue weighted by atomic mass is 32.2. The summed E-state index contributed by atoms with van der Waals surface area (Å²) in [5.74, 6) is 0.0534. The van der Waals surface area contributed by atoms with Crippen molar-refractivity contribution in [1.29, 1.82) is 0 Å². The van der Waals surface area contributed by atoms with E-state index in [-0.39, 0.29) is 5.92 Å². The Hall–Kier alpha value is -2.59. The van der Waals surface area contributed by atoms with Crippen molar-refractivity contribution in [1.82, 2.24) is 0 Å². The maximum atomic E-state index is 13.2. The predicted octanol–water partition coefficient (Wildman–Crippen LogP) is 4.34. The molecule has 25 heavy (non-hydrogen) atoms. The van der Waals surface area contributed by atoms with E-state index in [1.165, 1.54) is 0 Å². The Morgan fingerprint density at radius 3 is 2.20 bits per heavy atom. The number of fused-ring (bicyclic) bond motifs is 1. The lowest BCUT2D eigenvalue weighted by Crippen LogP contribution is -2.30. The van der Waals surface area contributed by atoms with Crippen LogP contribution in [0.3, 0.4) is 0 Å². The van der Waals surface area contributed by atoms with Crippen molar-refractivity contribution < 1.29 is 8.42 Å². The van der Waals surface area contributed by atoms with Gasteiger partial charge in [-0.25, -0.2) is 8.42 Å². The third-order valence-corrected chi connectivity index (χ3v) is 6.53. The van der Waals surface area contributed by atoms with Gasteiger partial charge >= 0.3 is 0 Å². The second kappa shape index (κ2) is 6.05. The van der Waals surface area contributed by atoms with Crippen LogP contribution in [-0.4, -0.2) is 15.0 Å². The van der Waals surface area contributed by atoms with Gasteiger partial charge in [-0.15, -0.1) is 0 Å². The number of rotatable bonds is 3. The standard InChI is InChI=1S/C21H19NO2S/c1-16-11-13-18(14-12-16)25(23,24)22-15-20(17-7-3-2-4-8-17)19-9-5-6-10-21(19)22/h2-14,20H,15H2,1H3/t20-/m0/s1. The molecule has 3 aromatic rings. The largest absolute Gasteiger partial charge is 0.265 e. The first-order valence-electron chi connectivity index (χ1n) is 8.30. The number of sulfonamides is 1. The fraction of sp³-hybridized carbons (Fsp3) is 0.143. The van der Waals surface area contributed by atoms with Crippen LogP contribution in [-0.2, 0) is 10.0 Å². The normalized spacial score (nSPS) is 16.7. The molecule has 1 aliphatic rings. The summed E-state index contributed by atoms with van der Waals surface area (Å²) in [5.41, 5.74) is 4.01. The molecule has 4 heteroatoms. The zero-order valence-electron chi connectivity index (χ0n) is 14.0. The highest BCUT2D eigenvalue weighted by Gasteiger charge is 2.36. The van der Waals surface area contributed by atoms with Crippen LogP contribution in [0.1, 0.15) is 22.6 Å². The molecule has 1 aliphatic heterocycles. The second-order valence-corrected chi connectivity index (χ2v) is 8.23. The van der Waals surface area contributed by atoms with E-state index < -0.39 is 10.0 Å². The zero-order valence-corrected chi connectivity index (χ0v) is 14.8. The SMILES string of the molecule is Cc1ccc(S(=O)(=O)N2C[C@@H](c3ccccc3)c3ccccc32)cc1. The summed E-state index contributed by atoms with van der Waals surface area (Å²) in [6.45, 7) is 2.38.